The van der Waals surface area contributed by atoms with Crippen molar-refractivity contribution in [3.05, 3.63) is 60.2 Å². The van der Waals surface area contributed by atoms with Gasteiger partial charge in [-0.05, 0) is 42.8 Å². The number of hydrogen-bond donors (Lipinski definition) is 2. The molecule has 25 heavy (non-hydrogen) atoms. The molecule has 1 aliphatic carbocycles. The summed E-state index contributed by atoms with van der Waals surface area (Å²) in [5.74, 6) is -1.49. The van der Waals surface area contributed by atoms with Crippen LogP contribution in [-0.4, -0.2) is 11.8 Å². The lowest BCUT2D eigenvalue weighted by Gasteiger charge is -2.09. The molecule has 0 aromatic heterocycles. The van der Waals surface area contributed by atoms with Crippen molar-refractivity contribution in [1.82, 2.24) is 0 Å². The van der Waals surface area contributed by atoms with Crippen LogP contribution < -0.4 is 10.6 Å². The van der Waals surface area contributed by atoms with E-state index in [2.05, 4.69) is 10.6 Å². The van der Waals surface area contributed by atoms with Crippen molar-refractivity contribution in [2.24, 2.45) is 11.8 Å². The molecule has 130 valence electrons. The summed E-state index contributed by atoms with van der Waals surface area (Å²) in [5, 5.41) is 5.28. The average molecular weight is 348 g/mol. The van der Waals surface area contributed by atoms with Crippen molar-refractivity contribution in [3.8, 4) is 0 Å². The van der Waals surface area contributed by atoms with Crippen molar-refractivity contribution in [3.63, 3.8) is 0 Å². The molecule has 2 N–H and O–H groups in total. The molecule has 3 rings (SSSR count). The number of benzene rings is 2. The quantitative estimate of drug-likeness (QED) is 0.880. The number of nitrogens with one attached hydrogen (secondary N) is 2. The van der Waals surface area contributed by atoms with Crippen molar-refractivity contribution in [1.29, 1.82) is 0 Å². The number of para-hydroxylation sites is 1. The van der Waals surface area contributed by atoms with Gasteiger partial charge in [-0.3, -0.25) is 9.59 Å². The second kappa shape index (κ2) is 6.58. The Morgan fingerprint density at radius 3 is 1.76 bits per heavy atom. The molecule has 0 spiro atoms. The summed E-state index contributed by atoms with van der Waals surface area (Å²) in [4.78, 5) is 24.2. The summed E-state index contributed by atoms with van der Waals surface area (Å²) in [6.07, 6.45) is -4.00. The number of anilines is 2. The van der Waals surface area contributed by atoms with E-state index in [1.165, 1.54) is 12.1 Å². The van der Waals surface area contributed by atoms with Crippen LogP contribution in [0.5, 0.6) is 0 Å². The highest BCUT2D eigenvalue weighted by Gasteiger charge is 2.48. The summed E-state index contributed by atoms with van der Waals surface area (Å²) >= 11 is 0. The number of carbonyl (C=O) groups is 2. The van der Waals surface area contributed by atoms with Crippen LogP contribution in [0.4, 0.5) is 24.5 Å². The Bertz CT molecular complexity index is 773. The fraction of sp³-hybridized carbons (Fsp3) is 0.222. The predicted molar refractivity (Wildman–Crippen MR) is 86.7 cm³/mol. The number of alkyl halides is 3. The summed E-state index contributed by atoms with van der Waals surface area (Å²) in [6.45, 7) is 0. The molecule has 0 aliphatic heterocycles. The lowest BCUT2D eigenvalue weighted by atomic mass is 10.2. The van der Waals surface area contributed by atoms with E-state index in [1.807, 2.05) is 6.07 Å². The van der Waals surface area contributed by atoms with Gasteiger partial charge in [0.15, 0.2) is 0 Å². The topological polar surface area (TPSA) is 58.2 Å². The fourth-order valence-electron chi connectivity index (χ4n) is 2.51. The summed E-state index contributed by atoms with van der Waals surface area (Å²) in [5.41, 5.74) is 0.144. The van der Waals surface area contributed by atoms with E-state index in [0.29, 0.717) is 12.1 Å². The minimum atomic E-state index is -4.42. The molecule has 7 heteroatoms. The van der Waals surface area contributed by atoms with Gasteiger partial charge in [-0.15, -0.1) is 0 Å². The van der Waals surface area contributed by atoms with Crippen LogP contribution in [0.2, 0.25) is 0 Å². The Morgan fingerprint density at radius 1 is 0.800 bits per heavy atom. The van der Waals surface area contributed by atoms with Gasteiger partial charge in [-0.25, -0.2) is 0 Å². The fourth-order valence-corrected chi connectivity index (χ4v) is 2.51. The second-order valence-corrected chi connectivity index (χ2v) is 5.87. The molecule has 1 aliphatic rings. The molecule has 4 nitrogen and oxygen atoms in total. The van der Waals surface area contributed by atoms with Crippen LogP contribution in [0.1, 0.15) is 12.0 Å². The average Bonchev–Trinajstić information content (AvgIpc) is 3.36. The van der Waals surface area contributed by atoms with E-state index in [4.69, 9.17) is 0 Å². The maximum Gasteiger partial charge on any atom is 0.416 e. The molecule has 2 atom stereocenters. The monoisotopic (exact) mass is 348 g/mol. The molecule has 1 saturated carbocycles. The number of carbonyl (C=O) groups excluding carboxylic acids is 2. The predicted octanol–water partition coefficient (Wildman–Crippen LogP) is 3.92. The highest BCUT2D eigenvalue weighted by molar-refractivity contribution is 6.03. The third-order valence-corrected chi connectivity index (χ3v) is 3.99. The van der Waals surface area contributed by atoms with Crippen molar-refractivity contribution >= 4 is 23.2 Å². The Hall–Kier alpha value is -2.83. The normalized spacial score (nSPS) is 19.2. The lowest BCUT2D eigenvalue weighted by molar-refractivity contribution is -0.137. The van der Waals surface area contributed by atoms with Gasteiger partial charge < -0.3 is 10.6 Å². The minimum absolute atomic E-state index is 0.237. The zero-order valence-corrected chi connectivity index (χ0v) is 13.0. The van der Waals surface area contributed by atoms with Crippen LogP contribution >= 0.6 is 0 Å². The van der Waals surface area contributed by atoms with E-state index >= 15 is 0 Å². The van der Waals surface area contributed by atoms with Gasteiger partial charge in [0.05, 0.1) is 17.4 Å². The van der Waals surface area contributed by atoms with Gasteiger partial charge in [0, 0.05) is 11.4 Å². The maximum atomic E-state index is 12.5. The number of hydrogen-bond acceptors (Lipinski definition) is 2. The zero-order chi connectivity index (χ0) is 18.0. The summed E-state index contributed by atoms with van der Waals surface area (Å²) in [6, 6.07) is 13.1. The van der Waals surface area contributed by atoms with Crippen molar-refractivity contribution in [2.45, 2.75) is 12.6 Å². The van der Waals surface area contributed by atoms with Crippen LogP contribution in [0.15, 0.2) is 54.6 Å². The molecule has 0 heterocycles. The second-order valence-electron chi connectivity index (χ2n) is 5.87. The summed E-state index contributed by atoms with van der Waals surface area (Å²) < 4.78 is 37.5. The molecule has 1 fully saturated rings. The van der Waals surface area contributed by atoms with Gasteiger partial charge in [-0.1, -0.05) is 18.2 Å². The first kappa shape index (κ1) is 17.0. The van der Waals surface area contributed by atoms with E-state index < -0.39 is 23.6 Å². The van der Waals surface area contributed by atoms with Crippen molar-refractivity contribution < 1.29 is 22.8 Å². The maximum absolute atomic E-state index is 12.5. The minimum Gasteiger partial charge on any atom is -0.326 e. The Morgan fingerprint density at radius 2 is 1.28 bits per heavy atom. The largest absolute Gasteiger partial charge is 0.416 e. The standard InChI is InChI=1S/C18H15F3N2O2/c19-18(20,21)11-6-8-13(9-7-11)23-17(25)15-10-14(15)16(24)22-12-4-2-1-3-5-12/h1-9,14-15H,10H2,(H,22,24)(H,23,25). The Kier molecular flexibility index (Phi) is 4.48. The highest BCUT2D eigenvalue weighted by Crippen LogP contribution is 2.40. The third kappa shape index (κ3) is 4.17. The molecular formula is C18H15F3N2O2. The molecule has 2 aromatic carbocycles. The molecule has 2 amide bonds. The molecule has 2 unspecified atom stereocenters. The van der Waals surface area contributed by atoms with Gasteiger partial charge in [0.1, 0.15) is 0 Å². The van der Waals surface area contributed by atoms with E-state index in [0.717, 1.165) is 12.1 Å². The first-order chi connectivity index (χ1) is 11.8. The number of rotatable bonds is 4. The third-order valence-electron chi connectivity index (χ3n) is 3.99. The van der Waals surface area contributed by atoms with E-state index in [9.17, 15) is 22.8 Å². The zero-order valence-electron chi connectivity index (χ0n) is 13.0. The van der Waals surface area contributed by atoms with E-state index in [-0.39, 0.29) is 17.5 Å². The first-order valence-electron chi connectivity index (χ1n) is 7.68. The van der Waals surface area contributed by atoms with Gasteiger partial charge in [-0.2, -0.15) is 13.2 Å². The smallest absolute Gasteiger partial charge is 0.326 e. The highest BCUT2D eigenvalue weighted by atomic mass is 19.4. The van der Waals surface area contributed by atoms with Gasteiger partial charge in [0.2, 0.25) is 11.8 Å². The Labute approximate surface area is 142 Å². The van der Waals surface area contributed by atoms with E-state index in [1.54, 1.807) is 24.3 Å². The molecule has 0 saturated heterocycles. The number of halogens is 3. The molecule has 2 aromatic rings. The molecule has 0 bridgehead atoms. The van der Waals surface area contributed by atoms with Gasteiger partial charge >= 0.3 is 6.18 Å². The van der Waals surface area contributed by atoms with Crippen LogP contribution in [-0.2, 0) is 15.8 Å². The Balaban J connectivity index is 1.54. The van der Waals surface area contributed by atoms with Crippen LogP contribution in [0, 0.1) is 11.8 Å². The van der Waals surface area contributed by atoms with Crippen LogP contribution in [0.25, 0.3) is 0 Å². The van der Waals surface area contributed by atoms with Crippen LogP contribution in [0.3, 0.4) is 0 Å². The van der Waals surface area contributed by atoms with Crippen molar-refractivity contribution in [2.75, 3.05) is 10.6 Å². The summed E-state index contributed by atoms with van der Waals surface area (Å²) in [7, 11) is 0. The molecule has 0 radical (unpaired) electrons. The SMILES string of the molecule is O=C(Nc1ccccc1)C1CC1C(=O)Nc1ccc(C(F)(F)F)cc1. The van der Waals surface area contributed by atoms with Gasteiger partial charge in [0.25, 0.3) is 0 Å². The lowest BCUT2D eigenvalue weighted by Crippen LogP contribution is -2.20. The number of amides is 2. The first-order valence-corrected chi connectivity index (χ1v) is 7.68. The molecular weight excluding hydrogens is 333 g/mol.